The Labute approximate surface area is 89.6 Å². The molecule has 2 rings (SSSR count). The van der Waals surface area contributed by atoms with Crippen molar-refractivity contribution < 1.29 is 4.42 Å². The summed E-state index contributed by atoms with van der Waals surface area (Å²) in [5.74, 6) is 1.02. The van der Waals surface area contributed by atoms with E-state index in [1.165, 1.54) is 5.56 Å². The highest BCUT2D eigenvalue weighted by Crippen LogP contribution is 2.38. The Morgan fingerprint density at radius 3 is 2.86 bits per heavy atom. The van der Waals surface area contributed by atoms with Crippen LogP contribution in [0.15, 0.2) is 10.5 Å². The molecule has 0 saturated carbocycles. The topological polar surface area (TPSA) is 25.2 Å². The summed E-state index contributed by atoms with van der Waals surface area (Å²) in [4.78, 5) is 0. The van der Waals surface area contributed by atoms with E-state index >= 15 is 0 Å². The van der Waals surface area contributed by atoms with Gasteiger partial charge >= 0.3 is 0 Å². The van der Waals surface area contributed by atoms with Gasteiger partial charge in [-0.3, -0.25) is 0 Å². The lowest BCUT2D eigenvalue weighted by atomic mass is 9.82. The van der Waals surface area contributed by atoms with Crippen LogP contribution in [-0.4, -0.2) is 6.54 Å². The molecular formula is C11H16ClNO. The first-order valence-corrected chi connectivity index (χ1v) is 5.38. The van der Waals surface area contributed by atoms with Gasteiger partial charge in [0.25, 0.3) is 0 Å². The van der Waals surface area contributed by atoms with Gasteiger partial charge in [0.15, 0.2) is 5.22 Å². The monoisotopic (exact) mass is 213 g/mol. The Kier molecular flexibility index (Phi) is 2.36. The maximum Gasteiger partial charge on any atom is 0.193 e. The van der Waals surface area contributed by atoms with E-state index in [0.717, 1.165) is 18.7 Å². The minimum Gasteiger partial charge on any atom is -0.448 e. The fourth-order valence-corrected chi connectivity index (χ4v) is 2.21. The van der Waals surface area contributed by atoms with E-state index in [4.69, 9.17) is 16.0 Å². The van der Waals surface area contributed by atoms with Gasteiger partial charge in [0.05, 0.1) is 6.04 Å². The van der Waals surface area contributed by atoms with Crippen molar-refractivity contribution in [1.82, 2.24) is 5.32 Å². The smallest absolute Gasteiger partial charge is 0.193 e. The zero-order valence-electron chi connectivity index (χ0n) is 8.86. The molecule has 0 bridgehead atoms. The van der Waals surface area contributed by atoms with Crippen LogP contribution in [0.5, 0.6) is 0 Å². The number of hydrogen-bond donors (Lipinski definition) is 1. The molecule has 1 aliphatic rings. The number of rotatable bonds is 0. The first kappa shape index (κ1) is 10.1. The average molecular weight is 214 g/mol. The number of furan rings is 1. The molecule has 3 heteroatoms. The van der Waals surface area contributed by atoms with Crippen LogP contribution in [0.25, 0.3) is 0 Å². The molecule has 2 heterocycles. The van der Waals surface area contributed by atoms with Crippen LogP contribution in [0.4, 0.5) is 0 Å². The molecule has 0 amide bonds. The van der Waals surface area contributed by atoms with E-state index in [9.17, 15) is 0 Å². The molecule has 1 aromatic rings. The molecule has 2 nitrogen and oxygen atoms in total. The van der Waals surface area contributed by atoms with Gasteiger partial charge in [0.1, 0.15) is 5.76 Å². The quantitative estimate of drug-likeness (QED) is 0.716. The fraction of sp³-hybridized carbons (Fsp3) is 0.636. The predicted molar refractivity (Wildman–Crippen MR) is 57.6 cm³/mol. The van der Waals surface area contributed by atoms with Crippen molar-refractivity contribution >= 4 is 11.6 Å². The summed E-state index contributed by atoms with van der Waals surface area (Å²) >= 11 is 5.87. The molecule has 0 fully saturated rings. The highest BCUT2D eigenvalue weighted by molar-refractivity contribution is 6.28. The summed E-state index contributed by atoms with van der Waals surface area (Å²) in [6.07, 6.45) is 1.01. The van der Waals surface area contributed by atoms with Crippen LogP contribution in [0.1, 0.15) is 38.1 Å². The number of halogens is 1. The molecule has 1 aliphatic heterocycles. The van der Waals surface area contributed by atoms with Gasteiger partial charge in [-0.25, -0.2) is 0 Å². The van der Waals surface area contributed by atoms with E-state index in [0.29, 0.717) is 5.22 Å². The largest absolute Gasteiger partial charge is 0.448 e. The number of fused-ring (bicyclic) bond motifs is 1. The SMILES string of the molecule is CC(C)(C)C1NCCc2cc(Cl)oc21. The van der Waals surface area contributed by atoms with Gasteiger partial charge in [-0.1, -0.05) is 20.8 Å². The van der Waals surface area contributed by atoms with Gasteiger partial charge < -0.3 is 9.73 Å². The minimum absolute atomic E-state index is 0.163. The molecule has 1 unspecified atom stereocenters. The van der Waals surface area contributed by atoms with E-state index < -0.39 is 0 Å². The normalized spacial score (nSPS) is 22.1. The lowest BCUT2D eigenvalue weighted by Crippen LogP contribution is -2.37. The standard InChI is InChI=1S/C11H16ClNO/c1-11(2,3)10-9-7(4-5-13-10)6-8(12)14-9/h6,10,13H,4-5H2,1-3H3. The summed E-state index contributed by atoms with van der Waals surface area (Å²) in [6.45, 7) is 7.62. The van der Waals surface area contributed by atoms with Crippen LogP contribution in [0, 0.1) is 5.41 Å². The Hall–Kier alpha value is -0.470. The molecule has 1 atom stereocenters. The summed E-state index contributed by atoms with van der Waals surface area (Å²) in [5, 5.41) is 3.98. The highest BCUT2D eigenvalue weighted by Gasteiger charge is 2.33. The lowest BCUT2D eigenvalue weighted by Gasteiger charge is -2.33. The first-order valence-electron chi connectivity index (χ1n) is 5.00. The summed E-state index contributed by atoms with van der Waals surface area (Å²) in [6, 6.07) is 2.22. The van der Waals surface area contributed by atoms with Crippen molar-refractivity contribution in [3.8, 4) is 0 Å². The second kappa shape index (κ2) is 3.28. The van der Waals surface area contributed by atoms with Gasteiger partial charge in [-0.05, 0) is 35.1 Å². The van der Waals surface area contributed by atoms with Crippen LogP contribution < -0.4 is 5.32 Å². The first-order chi connectivity index (χ1) is 6.48. The van der Waals surface area contributed by atoms with Crippen molar-refractivity contribution in [1.29, 1.82) is 0 Å². The second-order valence-corrected chi connectivity index (χ2v) is 5.32. The van der Waals surface area contributed by atoms with Gasteiger partial charge in [0.2, 0.25) is 0 Å². The molecular weight excluding hydrogens is 198 g/mol. The molecule has 78 valence electrons. The molecule has 0 aliphatic carbocycles. The van der Waals surface area contributed by atoms with E-state index in [-0.39, 0.29) is 11.5 Å². The van der Waals surface area contributed by atoms with Crippen LogP contribution >= 0.6 is 11.6 Å². The van der Waals surface area contributed by atoms with Crippen molar-refractivity contribution in [3.05, 3.63) is 22.6 Å². The van der Waals surface area contributed by atoms with E-state index in [1.54, 1.807) is 0 Å². The highest BCUT2D eigenvalue weighted by atomic mass is 35.5. The maximum absolute atomic E-state index is 5.87. The van der Waals surface area contributed by atoms with Gasteiger partial charge in [-0.15, -0.1) is 0 Å². The Morgan fingerprint density at radius 2 is 2.21 bits per heavy atom. The fourth-order valence-electron chi connectivity index (χ4n) is 1.99. The average Bonchev–Trinajstić information content (AvgIpc) is 2.41. The molecule has 1 aromatic heterocycles. The molecule has 1 N–H and O–H groups in total. The van der Waals surface area contributed by atoms with Crippen LogP contribution in [0.3, 0.4) is 0 Å². The van der Waals surface area contributed by atoms with Gasteiger partial charge in [-0.2, -0.15) is 0 Å². The third-order valence-corrected chi connectivity index (χ3v) is 2.87. The van der Waals surface area contributed by atoms with Gasteiger partial charge in [0, 0.05) is 6.54 Å². The molecule has 0 radical (unpaired) electrons. The van der Waals surface area contributed by atoms with Crippen LogP contribution in [-0.2, 0) is 6.42 Å². The molecule has 0 saturated heterocycles. The zero-order valence-corrected chi connectivity index (χ0v) is 9.61. The summed E-state index contributed by atoms with van der Waals surface area (Å²) < 4.78 is 5.55. The third-order valence-electron chi connectivity index (χ3n) is 2.68. The van der Waals surface area contributed by atoms with Crippen LogP contribution in [0.2, 0.25) is 5.22 Å². The Balaban J connectivity index is 2.40. The van der Waals surface area contributed by atoms with Crippen molar-refractivity contribution in [3.63, 3.8) is 0 Å². The zero-order chi connectivity index (χ0) is 10.3. The molecule has 14 heavy (non-hydrogen) atoms. The Bertz CT molecular complexity index is 338. The third kappa shape index (κ3) is 1.69. The number of nitrogens with one attached hydrogen (secondary N) is 1. The molecule has 0 aromatic carbocycles. The van der Waals surface area contributed by atoms with Crippen molar-refractivity contribution in [2.45, 2.75) is 33.2 Å². The molecule has 0 spiro atoms. The summed E-state index contributed by atoms with van der Waals surface area (Å²) in [5.41, 5.74) is 1.42. The van der Waals surface area contributed by atoms with E-state index in [1.807, 2.05) is 6.07 Å². The summed E-state index contributed by atoms with van der Waals surface area (Å²) in [7, 11) is 0. The maximum atomic E-state index is 5.87. The van der Waals surface area contributed by atoms with Crippen molar-refractivity contribution in [2.24, 2.45) is 5.41 Å². The minimum atomic E-state index is 0.163. The Morgan fingerprint density at radius 1 is 1.50 bits per heavy atom. The van der Waals surface area contributed by atoms with E-state index in [2.05, 4.69) is 26.1 Å². The van der Waals surface area contributed by atoms with Crippen molar-refractivity contribution in [2.75, 3.05) is 6.54 Å². The lowest BCUT2D eigenvalue weighted by molar-refractivity contribution is 0.227. The predicted octanol–water partition coefficient (Wildman–Crippen LogP) is 3.17. The number of hydrogen-bond acceptors (Lipinski definition) is 2. The second-order valence-electron chi connectivity index (χ2n) is 4.94.